The third kappa shape index (κ3) is 4.23. The van der Waals surface area contributed by atoms with Crippen molar-refractivity contribution in [1.29, 1.82) is 0 Å². The first-order valence-electron chi connectivity index (χ1n) is 6.83. The zero-order valence-corrected chi connectivity index (χ0v) is 12.2. The first-order chi connectivity index (χ1) is 8.36. The van der Waals surface area contributed by atoms with Crippen molar-refractivity contribution in [2.24, 2.45) is 5.73 Å². The van der Waals surface area contributed by atoms with Gasteiger partial charge in [0, 0.05) is 38.3 Å². The highest BCUT2D eigenvalue weighted by molar-refractivity contribution is 5.81. The molecule has 5 heteroatoms. The zero-order valence-electron chi connectivity index (χ0n) is 12.2. The van der Waals surface area contributed by atoms with Gasteiger partial charge < -0.3 is 16.0 Å². The number of carbonyl (C=O) groups excluding carboxylic acids is 1. The van der Waals surface area contributed by atoms with Crippen LogP contribution in [0.4, 0.5) is 0 Å². The van der Waals surface area contributed by atoms with E-state index in [1.165, 1.54) is 0 Å². The summed E-state index contributed by atoms with van der Waals surface area (Å²) in [5, 5.41) is 2.96. The van der Waals surface area contributed by atoms with Crippen molar-refractivity contribution < 1.29 is 4.79 Å². The highest BCUT2D eigenvalue weighted by atomic mass is 16.2. The average molecular weight is 256 g/mol. The van der Waals surface area contributed by atoms with E-state index >= 15 is 0 Å². The normalized spacial score (nSPS) is 20.7. The highest BCUT2D eigenvalue weighted by Crippen LogP contribution is 2.15. The predicted octanol–water partition coefficient (Wildman–Crippen LogP) is -0.134. The highest BCUT2D eigenvalue weighted by Gasteiger charge is 2.29. The Labute approximate surface area is 111 Å². The molecule has 1 atom stereocenters. The fraction of sp³-hybridized carbons (Fsp3) is 0.923. The summed E-state index contributed by atoms with van der Waals surface area (Å²) in [6.45, 7) is 11.2. The Morgan fingerprint density at radius 1 is 1.33 bits per heavy atom. The number of rotatable bonds is 5. The molecule has 0 aromatic carbocycles. The number of nitrogens with zero attached hydrogens (tertiary/aromatic N) is 2. The van der Waals surface area contributed by atoms with Crippen LogP contribution in [-0.4, -0.2) is 67.1 Å². The molecule has 3 N–H and O–H groups in total. The Kier molecular flexibility index (Phi) is 5.56. The van der Waals surface area contributed by atoms with Crippen LogP contribution in [0.2, 0.25) is 0 Å². The number of piperazine rings is 1. The van der Waals surface area contributed by atoms with Crippen LogP contribution in [0.1, 0.15) is 27.2 Å². The van der Waals surface area contributed by atoms with Gasteiger partial charge in [0.1, 0.15) is 0 Å². The Morgan fingerprint density at radius 3 is 2.39 bits per heavy atom. The minimum atomic E-state index is -0.381. The van der Waals surface area contributed by atoms with Crippen molar-refractivity contribution in [3.63, 3.8) is 0 Å². The van der Waals surface area contributed by atoms with E-state index in [1.54, 1.807) is 0 Å². The van der Waals surface area contributed by atoms with E-state index in [9.17, 15) is 4.79 Å². The second kappa shape index (κ2) is 6.50. The largest absolute Gasteiger partial charge is 0.353 e. The summed E-state index contributed by atoms with van der Waals surface area (Å²) in [5.41, 5.74) is 5.70. The Morgan fingerprint density at radius 2 is 1.89 bits per heavy atom. The monoisotopic (exact) mass is 256 g/mol. The van der Waals surface area contributed by atoms with Crippen LogP contribution in [0.3, 0.4) is 0 Å². The molecular formula is C13H28N4O. The van der Waals surface area contributed by atoms with E-state index in [-0.39, 0.29) is 17.5 Å². The van der Waals surface area contributed by atoms with E-state index in [0.29, 0.717) is 13.0 Å². The zero-order chi connectivity index (χ0) is 13.8. The summed E-state index contributed by atoms with van der Waals surface area (Å²) in [7, 11) is 2.15. The smallest absolute Gasteiger partial charge is 0.236 e. The molecule has 0 spiro atoms. The van der Waals surface area contributed by atoms with Gasteiger partial charge in [0.15, 0.2) is 0 Å². The quantitative estimate of drug-likeness (QED) is 0.719. The lowest BCUT2D eigenvalue weighted by molar-refractivity contribution is -0.123. The number of carbonyl (C=O) groups is 1. The van der Waals surface area contributed by atoms with Crippen molar-refractivity contribution in [1.82, 2.24) is 15.1 Å². The molecule has 0 bridgehead atoms. The molecule has 1 saturated heterocycles. The third-order valence-corrected chi connectivity index (χ3v) is 3.83. The molecule has 106 valence electrons. The van der Waals surface area contributed by atoms with E-state index < -0.39 is 0 Å². The molecule has 0 saturated carbocycles. The van der Waals surface area contributed by atoms with E-state index in [2.05, 4.69) is 36.0 Å². The second-order valence-electron chi connectivity index (χ2n) is 5.84. The Balaban J connectivity index is 2.41. The fourth-order valence-electron chi connectivity index (χ4n) is 2.14. The summed E-state index contributed by atoms with van der Waals surface area (Å²) in [4.78, 5) is 16.5. The summed E-state index contributed by atoms with van der Waals surface area (Å²) in [5.74, 6) is -0.0419. The van der Waals surface area contributed by atoms with Gasteiger partial charge in [-0.25, -0.2) is 0 Å². The van der Waals surface area contributed by atoms with Crippen LogP contribution < -0.4 is 11.1 Å². The van der Waals surface area contributed by atoms with Gasteiger partial charge in [0.2, 0.25) is 5.91 Å². The summed E-state index contributed by atoms with van der Waals surface area (Å²) in [6.07, 6.45) is 0.681. The second-order valence-corrected chi connectivity index (χ2v) is 5.84. The minimum absolute atomic E-state index is 0.00954. The Bertz CT molecular complexity index is 272. The number of likely N-dealkylation sites (N-methyl/N-ethyl adjacent to an activating group) is 1. The average Bonchev–Trinajstić information content (AvgIpc) is 2.35. The van der Waals surface area contributed by atoms with Crippen LogP contribution >= 0.6 is 0 Å². The van der Waals surface area contributed by atoms with Gasteiger partial charge in [-0.05, 0) is 27.3 Å². The molecular weight excluding hydrogens is 228 g/mol. The van der Waals surface area contributed by atoms with E-state index in [0.717, 1.165) is 26.2 Å². The molecule has 18 heavy (non-hydrogen) atoms. The van der Waals surface area contributed by atoms with Crippen LogP contribution in [0, 0.1) is 0 Å². The summed E-state index contributed by atoms with van der Waals surface area (Å²) >= 11 is 0. The van der Waals surface area contributed by atoms with Gasteiger partial charge in [-0.1, -0.05) is 6.92 Å². The number of nitrogens with one attached hydrogen (secondary N) is 1. The first-order valence-corrected chi connectivity index (χ1v) is 6.83. The van der Waals surface area contributed by atoms with Gasteiger partial charge in [0.05, 0.1) is 6.04 Å². The lowest BCUT2D eigenvalue weighted by Gasteiger charge is -2.43. The SMILES string of the molecule is CC[C@@H](N)C(=O)NCC(C)(C)N1CCN(C)CC1. The molecule has 0 aliphatic carbocycles. The third-order valence-electron chi connectivity index (χ3n) is 3.83. The summed E-state index contributed by atoms with van der Waals surface area (Å²) in [6, 6.07) is -0.381. The van der Waals surface area contributed by atoms with Gasteiger partial charge in [0.25, 0.3) is 0 Å². The molecule has 1 aliphatic heterocycles. The lowest BCUT2D eigenvalue weighted by Crippen LogP contribution is -2.58. The Hall–Kier alpha value is -0.650. The number of hydrogen-bond donors (Lipinski definition) is 2. The first kappa shape index (κ1) is 15.4. The van der Waals surface area contributed by atoms with E-state index in [4.69, 9.17) is 5.73 Å². The molecule has 0 aromatic rings. The molecule has 5 nitrogen and oxygen atoms in total. The lowest BCUT2D eigenvalue weighted by atomic mass is 10.0. The summed E-state index contributed by atoms with van der Waals surface area (Å²) < 4.78 is 0. The van der Waals surface area contributed by atoms with Crippen molar-refractivity contribution >= 4 is 5.91 Å². The molecule has 1 fully saturated rings. The van der Waals surface area contributed by atoms with Gasteiger partial charge in [-0.2, -0.15) is 0 Å². The van der Waals surface area contributed by atoms with Crippen molar-refractivity contribution in [3.05, 3.63) is 0 Å². The topological polar surface area (TPSA) is 61.6 Å². The van der Waals surface area contributed by atoms with Crippen molar-refractivity contribution in [2.45, 2.75) is 38.8 Å². The molecule has 1 amide bonds. The number of nitrogens with two attached hydrogens (primary N) is 1. The molecule has 1 aliphatic rings. The predicted molar refractivity (Wildman–Crippen MR) is 74.4 cm³/mol. The van der Waals surface area contributed by atoms with E-state index in [1.807, 2.05) is 6.92 Å². The molecule has 0 aromatic heterocycles. The molecule has 0 unspecified atom stereocenters. The standard InChI is InChI=1S/C13H28N4O/c1-5-11(14)12(18)15-10-13(2,3)17-8-6-16(4)7-9-17/h11H,5-10,14H2,1-4H3,(H,15,18)/t11-/m1/s1. The maximum Gasteiger partial charge on any atom is 0.236 e. The maximum absolute atomic E-state index is 11.7. The van der Waals surface area contributed by atoms with Gasteiger partial charge >= 0.3 is 0 Å². The maximum atomic E-state index is 11.7. The van der Waals surface area contributed by atoms with Crippen LogP contribution in [0.25, 0.3) is 0 Å². The van der Waals surface area contributed by atoms with Crippen LogP contribution in [0.15, 0.2) is 0 Å². The number of amides is 1. The van der Waals surface area contributed by atoms with Gasteiger partial charge in [-0.3, -0.25) is 9.69 Å². The van der Waals surface area contributed by atoms with Crippen LogP contribution in [-0.2, 0) is 4.79 Å². The van der Waals surface area contributed by atoms with Crippen molar-refractivity contribution in [2.75, 3.05) is 39.8 Å². The fourth-order valence-corrected chi connectivity index (χ4v) is 2.14. The van der Waals surface area contributed by atoms with Crippen molar-refractivity contribution in [3.8, 4) is 0 Å². The van der Waals surface area contributed by atoms with Crippen LogP contribution in [0.5, 0.6) is 0 Å². The van der Waals surface area contributed by atoms with Gasteiger partial charge in [-0.15, -0.1) is 0 Å². The number of hydrogen-bond acceptors (Lipinski definition) is 4. The minimum Gasteiger partial charge on any atom is -0.353 e. The molecule has 1 heterocycles. The molecule has 0 radical (unpaired) electrons. The molecule has 1 rings (SSSR count).